The predicted molar refractivity (Wildman–Crippen MR) is 112 cm³/mol. The second kappa shape index (κ2) is 8.98. The van der Waals surface area contributed by atoms with Gasteiger partial charge in [0, 0.05) is 27.7 Å². The van der Waals surface area contributed by atoms with Crippen molar-refractivity contribution in [3.63, 3.8) is 0 Å². The molecule has 0 unspecified atom stereocenters. The van der Waals surface area contributed by atoms with Crippen LogP contribution in [0.4, 0.5) is 5.69 Å². The van der Waals surface area contributed by atoms with Crippen molar-refractivity contribution in [1.29, 1.82) is 0 Å². The van der Waals surface area contributed by atoms with Crippen molar-refractivity contribution in [2.45, 2.75) is 26.2 Å². The average Bonchev–Trinajstić information content (AvgIpc) is 3.14. The molecule has 0 aliphatic rings. The number of anilines is 1. The molecule has 0 aliphatic carbocycles. The van der Waals surface area contributed by atoms with E-state index in [2.05, 4.69) is 38.0 Å². The van der Waals surface area contributed by atoms with E-state index in [-0.39, 0.29) is 5.91 Å². The zero-order chi connectivity index (χ0) is 19.2. The first-order valence-electron chi connectivity index (χ1n) is 8.58. The molecule has 1 N–H and O–H groups in total. The molecule has 140 valence electrons. The van der Waals surface area contributed by atoms with E-state index in [0.29, 0.717) is 31.0 Å². The van der Waals surface area contributed by atoms with E-state index in [0.717, 1.165) is 20.6 Å². The number of aryl methyl sites for hydroxylation is 2. The summed E-state index contributed by atoms with van der Waals surface area (Å²) >= 11 is 2.26. The second-order valence-corrected chi connectivity index (χ2v) is 7.27. The molecule has 1 heterocycles. The largest absolute Gasteiger partial charge is 0.497 e. The maximum Gasteiger partial charge on any atom is 0.226 e. The SMILES string of the molecule is COc1ccc(-c2noc(CCCC(=O)Nc3ccc(C)c(I)c3)n2)cc1. The minimum Gasteiger partial charge on any atom is -0.497 e. The van der Waals surface area contributed by atoms with Crippen LogP contribution in [0.5, 0.6) is 5.75 Å². The molecule has 0 atom stereocenters. The monoisotopic (exact) mass is 477 g/mol. The summed E-state index contributed by atoms with van der Waals surface area (Å²) in [6.07, 6.45) is 1.59. The van der Waals surface area contributed by atoms with Crippen molar-refractivity contribution in [3.8, 4) is 17.1 Å². The third-order valence-electron chi connectivity index (χ3n) is 4.07. The van der Waals surface area contributed by atoms with Crippen molar-refractivity contribution >= 4 is 34.2 Å². The van der Waals surface area contributed by atoms with Crippen molar-refractivity contribution in [1.82, 2.24) is 10.1 Å². The van der Waals surface area contributed by atoms with E-state index in [9.17, 15) is 4.79 Å². The maximum atomic E-state index is 12.1. The number of halogens is 1. The molecule has 0 saturated carbocycles. The van der Waals surface area contributed by atoms with Crippen LogP contribution < -0.4 is 10.1 Å². The molecule has 0 aliphatic heterocycles. The lowest BCUT2D eigenvalue weighted by atomic mass is 10.2. The van der Waals surface area contributed by atoms with E-state index >= 15 is 0 Å². The van der Waals surface area contributed by atoms with Crippen molar-refractivity contribution in [3.05, 3.63) is 57.5 Å². The van der Waals surface area contributed by atoms with Crippen molar-refractivity contribution in [2.24, 2.45) is 0 Å². The zero-order valence-electron chi connectivity index (χ0n) is 15.2. The Morgan fingerprint density at radius 2 is 2.00 bits per heavy atom. The minimum atomic E-state index is -0.0236. The third-order valence-corrected chi connectivity index (χ3v) is 5.23. The number of benzene rings is 2. The Balaban J connectivity index is 1.49. The third kappa shape index (κ3) is 5.29. The molecule has 7 heteroatoms. The highest BCUT2D eigenvalue weighted by molar-refractivity contribution is 14.1. The second-order valence-electron chi connectivity index (χ2n) is 6.11. The number of carbonyl (C=O) groups excluding carboxylic acids is 1. The maximum absolute atomic E-state index is 12.1. The number of rotatable bonds is 7. The van der Waals surface area contributed by atoms with Gasteiger partial charge in [-0.2, -0.15) is 4.98 Å². The Kier molecular flexibility index (Phi) is 6.44. The van der Waals surface area contributed by atoms with Crippen LogP contribution in [0.3, 0.4) is 0 Å². The van der Waals surface area contributed by atoms with E-state index in [1.54, 1.807) is 7.11 Å². The van der Waals surface area contributed by atoms with E-state index < -0.39 is 0 Å². The average molecular weight is 477 g/mol. The molecular weight excluding hydrogens is 457 g/mol. The number of carbonyl (C=O) groups is 1. The summed E-state index contributed by atoms with van der Waals surface area (Å²) in [5.74, 6) is 1.81. The fourth-order valence-electron chi connectivity index (χ4n) is 2.51. The molecule has 0 spiro atoms. The lowest BCUT2D eigenvalue weighted by Crippen LogP contribution is -2.11. The summed E-state index contributed by atoms with van der Waals surface area (Å²) in [4.78, 5) is 16.5. The molecule has 0 saturated heterocycles. The van der Waals surface area contributed by atoms with Gasteiger partial charge in [-0.3, -0.25) is 4.79 Å². The minimum absolute atomic E-state index is 0.0236. The molecular formula is C20H20IN3O3. The Bertz CT molecular complexity index is 922. The van der Waals surface area contributed by atoms with Crippen LogP contribution in [0.2, 0.25) is 0 Å². The molecule has 3 aromatic rings. The van der Waals surface area contributed by atoms with Gasteiger partial charge >= 0.3 is 0 Å². The fourth-order valence-corrected chi connectivity index (χ4v) is 3.02. The number of hydrogen-bond donors (Lipinski definition) is 1. The number of nitrogens with one attached hydrogen (secondary N) is 1. The first kappa shape index (κ1) is 19.3. The highest BCUT2D eigenvalue weighted by Crippen LogP contribution is 2.20. The number of amides is 1. The Hall–Kier alpha value is -2.42. The van der Waals surface area contributed by atoms with Gasteiger partial charge in [-0.1, -0.05) is 11.2 Å². The van der Waals surface area contributed by atoms with Crippen LogP contribution in [-0.2, 0) is 11.2 Å². The van der Waals surface area contributed by atoms with E-state index in [1.807, 2.05) is 49.4 Å². The first-order chi connectivity index (χ1) is 13.0. The number of aromatic nitrogens is 2. The van der Waals surface area contributed by atoms with Crippen LogP contribution in [-0.4, -0.2) is 23.2 Å². The summed E-state index contributed by atoms with van der Waals surface area (Å²) in [7, 11) is 1.62. The molecule has 3 rings (SSSR count). The van der Waals surface area contributed by atoms with Gasteiger partial charge in [-0.15, -0.1) is 0 Å². The topological polar surface area (TPSA) is 77.2 Å². The Morgan fingerprint density at radius 3 is 2.70 bits per heavy atom. The van der Waals surface area contributed by atoms with Crippen LogP contribution in [0.15, 0.2) is 47.0 Å². The highest BCUT2D eigenvalue weighted by Gasteiger charge is 2.10. The van der Waals surface area contributed by atoms with Gasteiger partial charge in [-0.05, 0) is 77.9 Å². The van der Waals surface area contributed by atoms with Crippen LogP contribution >= 0.6 is 22.6 Å². The number of methoxy groups -OCH3 is 1. The fraction of sp³-hybridized carbons (Fsp3) is 0.250. The van der Waals surface area contributed by atoms with Crippen molar-refractivity contribution < 1.29 is 14.1 Å². The molecule has 0 radical (unpaired) electrons. The molecule has 27 heavy (non-hydrogen) atoms. The normalized spacial score (nSPS) is 10.6. The number of nitrogens with zero attached hydrogens (tertiary/aromatic N) is 2. The van der Waals surface area contributed by atoms with Crippen LogP contribution in [0, 0.1) is 10.5 Å². The summed E-state index contributed by atoms with van der Waals surface area (Å²) in [6.45, 7) is 2.04. The molecule has 6 nitrogen and oxygen atoms in total. The standard InChI is InChI=1S/C20H20IN3O3/c1-13-6-9-15(12-17(13)21)22-18(25)4-3-5-19-23-20(24-27-19)14-7-10-16(26-2)11-8-14/h6-12H,3-5H2,1-2H3,(H,22,25). The predicted octanol–water partition coefficient (Wildman–Crippen LogP) is 4.62. The van der Waals surface area contributed by atoms with Gasteiger partial charge in [0.1, 0.15) is 5.75 Å². The summed E-state index contributed by atoms with van der Waals surface area (Å²) in [5.41, 5.74) is 2.87. The first-order valence-corrected chi connectivity index (χ1v) is 9.66. The van der Waals surface area contributed by atoms with Gasteiger partial charge in [0.15, 0.2) is 0 Å². The molecule has 1 aromatic heterocycles. The quantitative estimate of drug-likeness (QED) is 0.503. The van der Waals surface area contributed by atoms with Crippen LogP contribution in [0.25, 0.3) is 11.4 Å². The Labute approximate surface area is 171 Å². The van der Waals surface area contributed by atoms with E-state index in [4.69, 9.17) is 9.26 Å². The van der Waals surface area contributed by atoms with Gasteiger partial charge in [0.05, 0.1) is 7.11 Å². The van der Waals surface area contributed by atoms with Gasteiger partial charge in [-0.25, -0.2) is 0 Å². The summed E-state index contributed by atoms with van der Waals surface area (Å²) in [6, 6.07) is 13.3. The lowest BCUT2D eigenvalue weighted by Gasteiger charge is -2.06. The van der Waals surface area contributed by atoms with Gasteiger partial charge in [0.25, 0.3) is 0 Å². The lowest BCUT2D eigenvalue weighted by molar-refractivity contribution is -0.116. The molecule has 2 aromatic carbocycles. The van der Waals surface area contributed by atoms with Gasteiger partial charge < -0.3 is 14.6 Å². The smallest absolute Gasteiger partial charge is 0.226 e. The summed E-state index contributed by atoms with van der Waals surface area (Å²) in [5, 5.41) is 6.91. The number of ether oxygens (including phenoxy) is 1. The zero-order valence-corrected chi connectivity index (χ0v) is 17.3. The highest BCUT2D eigenvalue weighted by atomic mass is 127. The number of hydrogen-bond acceptors (Lipinski definition) is 5. The molecule has 0 bridgehead atoms. The van der Waals surface area contributed by atoms with Crippen molar-refractivity contribution in [2.75, 3.05) is 12.4 Å². The van der Waals surface area contributed by atoms with E-state index in [1.165, 1.54) is 5.56 Å². The summed E-state index contributed by atoms with van der Waals surface area (Å²) < 4.78 is 11.5. The Morgan fingerprint density at radius 1 is 1.22 bits per heavy atom. The molecule has 1 amide bonds. The van der Waals surface area contributed by atoms with Crippen LogP contribution in [0.1, 0.15) is 24.3 Å². The molecule has 0 fully saturated rings. The van der Waals surface area contributed by atoms with Gasteiger partial charge in [0.2, 0.25) is 17.6 Å².